The van der Waals surface area contributed by atoms with Crippen molar-refractivity contribution in [1.29, 1.82) is 0 Å². The van der Waals surface area contributed by atoms with E-state index in [0.29, 0.717) is 18.8 Å². The summed E-state index contributed by atoms with van der Waals surface area (Å²) < 4.78 is 26.4. The van der Waals surface area contributed by atoms with Gasteiger partial charge in [-0.05, 0) is 24.9 Å². The summed E-state index contributed by atoms with van der Waals surface area (Å²) in [4.78, 5) is 6.81. The highest BCUT2D eigenvalue weighted by atomic mass is 32.2. The minimum Gasteiger partial charge on any atom is -0.332 e. The maximum absolute atomic E-state index is 11.9. The maximum atomic E-state index is 11.9. The van der Waals surface area contributed by atoms with E-state index in [4.69, 9.17) is 0 Å². The Bertz CT molecular complexity index is 457. The maximum Gasteiger partial charge on any atom is 0.257 e. The minimum atomic E-state index is -3.42. The molecule has 1 aromatic heterocycles. The molecule has 0 aliphatic heterocycles. The first-order valence-electron chi connectivity index (χ1n) is 6.62. The normalized spacial score (nSPS) is 11.9. The van der Waals surface area contributed by atoms with Crippen LogP contribution in [-0.2, 0) is 16.4 Å². The van der Waals surface area contributed by atoms with E-state index in [1.54, 1.807) is 0 Å². The molecule has 0 atom stereocenters. The Morgan fingerprint density at radius 2 is 2.05 bits per heavy atom. The molecule has 0 spiro atoms. The Morgan fingerprint density at radius 1 is 1.32 bits per heavy atom. The average Bonchev–Trinajstić information content (AvgIpc) is 2.87. The molecule has 0 aliphatic rings. The monoisotopic (exact) mass is 305 g/mol. The summed E-state index contributed by atoms with van der Waals surface area (Å²) in [5, 5.41) is 0.159. The van der Waals surface area contributed by atoms with Gasteiger partial charge in [-0.25, -0.2) is 18.1 Å². The lowest BCUT2D eigenvalue weighted by molar-refractivity contribution is 0.570. The Morgan fingerprint density at radius 3 is 2.68 bits per heavy atom. The van der Waals surface area contributed by atoms with Gasteiger partial charge in [-0.3, -0.25) is 0 Å². The lowest BCUT2D eigenvalue weighted by Gasteiger charge is -2.04. The van der Waals surface area contributed by atoms with Crippen molar-refractivity contribution in [3.8, 4) is 0 Å². The summed E-state index contributed by atoms with van der Waals surface area (Å²) in [5.74, 6) is 1.87. The summed E-state index contributed by atoms with van der Waals surface area (Å²) in [5.41, 5.74) is 0. The number of hydrogen-bond acceptors (Lipinski definition) is 4. The first kappa shape index (κ1) is 16.5. The third-order valence-electron chi connectivity index (χ3n) is 2.80. The van der Waals surface area contributed by atoms with Crippen LogP contribution in [0.2, 0.25) is 0 Å². The van der Waals surface area contributed by atoms with Gasteiger partial charge in [-0.2, -0.15) is 11.8 Å². The van der Waals surface area contributed by atoms with Crippen molar-refractivity contribution >= 4 is 21.8 Å². The van der Waals surface area contributed by atoms with E-state index in [1.165, 1.54) is 18.4 Å². The summed E-state index contributed by atoms with van der Waals surface area (Å²) in [6, 6.07) is 0. The van der Waals surface area contributed by atoms with Crippen molar-refractivity contribution in [3.63, 3.8) is 0 Å². The zero-order valence-corrected chi connectivity index (χ0v) is 13.2. The standard InChI is InChI=1S/C12H23N3O2S2/c1-3-11-13-10-12(15-11)19(16,17)14-8-6-4-5-7-9-18-2/h10,14H,3-9H2,1-2H3,(H,13,15). The van der Waals surface area contributed by atoms with Crippen molar-refractivity contribution in [3.05, 3.63) is 12.0 Å². The third kappa shape index (κ3) is 5.97. The minimum absolute atomic E-state index is 0.159. The largest absolute Gasteiger partial charge is 0.332 e. The molecule has 1 aromatic rings. The van der Waals surface area contributed by atoms with E-state index in [9.17, 15) is 8.42 Å². The Labute approximate surface area is 120 Å². The van der Waals surface area contributed by atoms with Crippen LogP contribution in [0.5, 0.6) is 0 Å². The molecular weight excluding hydrogens is 282 g/mol. The van der Waals surface area contributed by atoms with Gasteiger partial charge in [0.15, 0.2) is 5.03 Å². The van der Waals surface area contributed by atoms with E-state index >= 15 is 0 Å². The van der Waals surface area contributed by atoms with Gasteiger partial charge in [-0.15, -0.1) is 0 Å². The molecule has 0 aliphatic carbocycles. The second-order valence-corrected chi connectivity index (χ2v) is 7.07. The number of nitrogens with one attached hydrogen (secondary N) is 2. The van der Waals surface area contributed by atoms with Gasteiger partial charge in [0.1, 0.15) is 5.82 Å². The van der Waals surface area contributed by atoms with E-state index < -0.39 is 10.0 Å². The number of imidazole rings is 1. The lowest BCUT2D eigenvalue weighted by Crippen LogP contribution is -2.25. The average molecular weight is 305 g/mol. The number of aryl methyl sites for hydroxylation is 1. The third-order valence-corrected chi connectivity index (χ3v) is 4.86. The molecule has 0 bridgehead atoms. The first-order chi connectivity index (χ1) is 9.10. The zero-order chi connectivity index (χ0) is 14.1. The van der Waals surface area contributed by atoms with Crippen LogP contribution in [0.4, 0.5) is 0 Å². The number of unbranched alkanes of at least 4 members (excludes halogenated alkanes) is 3. The predicted octanol–water partition coefficient (Wildman–Crippen LogP) is 2.17. The van der Waals surface area contributed by atoms with Gasteiger partial charge in [0.05, 0.1) is 6.20 Å². The molecule has 2 N–H and O–H groups in total. The first-order valence-corrected chi connectivity index (χ1v) is 9.50. The number of thioether (sulfide) groups is 1. The topological polar surface area (TPSA) is 74.8 Å². The molecule has 0 amide bonds. The summed E-state index contributed by atoms with van der Waals surface area (Å²) in [6.07, 6.45) is 8.48. The fraction of sp³-hybridized carbons (Fsp3) is 0.750. The number of H-pyrrole nitrogens is 1. The zero-order valence-electron chi connectivity index (χ0n) is 11.6. The van der Waals surface area contributed by atoms with Gasteiger partial charge >= 0.3 is 0 Å². The van der Waals surface area contributed by atoms with Crippen molar-refractivity contribution in [2.75, 3.05) is 18.6 Å². The Balaban J connectivity index is 2.27. The van der Waals surface area contributed by atoms with Crippen LogP contribution in [0, 0.1) is 0 Å². The molecular formula is C12H23N3O2S2. The SMILES string of the molecule is CCc1ncc(S(=O)(=O)NCCCCCCSC)[nH]1. The van der Waals surface area contributed by atoms with E-state index in [0.717, 1.165) is 19.3 Å². The van der Waals surface area contributed by atoms with E-state index in [2.05, 4.69) is 20.9 Å². The molecule has 0 saturated carbocycles. The van der Waals surface area contributed by atoms with Crippen molar-refractivity contribution in [2.45, 2.75) is 44.1 Å². The molecule has 19 heavy (non-hydrogen) atoms. The van der Waals surface area contributed by atoms with Crippen LogP contribution < -0.4 is 4.72 Å². The van der Waals surface area contributed by atoms with Crippen LogP contribution in [0.15, 0.2) is 11.2 Å². The molecule has 0 fully saturated rings. The van der Waals surface area contributed by atoms with Gasteiger partial charge in [0.25, 0.3) is 10.0 Å². The van der Waals surface area contributed by atoms with Gasteiger partial charge in [0.2, 0.25) is 0 Å². The van der Waals surface area contributed by atoms with Crippen molar-refractivity contribution in [2.24, 2.45) is 0 Å². The molecule has 0 saturated heterocycles. The van der Waals surface area contributed by atoms with Crippen LogP contribution in [0.1, 0.15) is 38.4 Å². The highest BCUT2D eigenvalue weighted by Gasteiger charge is 2.15. The van der Waals surface area contributed by atoms with Crippen molar-refractivity contribution < 1.29 is 8.42 Å². The van der Waals surface area contributed by atoms with Gasteiger partial charge in [-0.1, -0.05) is 19.8 Å². The Hall–Kier alpha value is -0.530. The summed E-state index contributed by atoms with van der Waals surface area (Å²) in [7, 11) is -3.42. The van der Waals surface area contributed by atoms with E-state index in [1.807, 2.05) is 18.7 Å². The number of rotatable bonds is 10. The smallest absolute Gasteiger partial charge is 0.257 e. The highest BCUT2D eigenvalue weighted by molar-refractivity contribution is 7.98. The fourth-order valence-corrected chi connectivity index (χ4v) is 3.17. The summed E-state index contributed by atoms with van der Waals surface area (Å²) in [6.45, 7) is 2.42. The Kier molecular flexibility index (Phi) is 7.48. The van der Waals surface area contributed by atoms with Gasteiger partial charge in [0, 0.05) is 13.0 Å². The lowest BCUT2D eigenvalue weighted by atomic mass is 10.2. The number of nitrogens with zero attached hydrogens (tertiary/aromatic N) is 1. The van der Waals surface area contributed by atoms with E-state index in [-0.39, 0.29) is 5.03 Å². The van der Waals surface area contributed by atoms with Gasteiger partial charge < -0.3 is 4.98 Å². The molecule has 0 radical (unpaired) electrons. The molecule has 1 heterocycles. The quantitative estimate of drug-likeness (QED) is 0.650. The molecule has 5 nitrogen and oxygen atoms in total. The number of aromatic amines is 1. The van der Waals surface area contributed by atoms with Crippen LogP contribution >= 0.6 is 11.8 Å². The van der Waals surface area contributed by atoms with Crippen LogP contribution in [-0.4, -0.2) is 36.9 Å². The fourth-order valence-electron chi connectivity index (χ4n) is 1.67. The second-order valence-electron chi connectivity index (χ2n) is 4.35. The van der Waals surface area contributed by atoms with Crippen molar-refractivity contribution in [1.82, 2.24) is 14.7 Å². The number of hydrogen-bond donors (Lipinski definition) is 2. The molecule has 110 valence electrons. The van der Waals surface area contributed by atoms with Crippen LogP contribution in [0.3, 0.4) is 0 Å². The highest BCUT2D eigenvalue weighted by Crippen LogP contribution is 2.07. The van der Waals surface area contributed by atoms with Crippen LogP contribution in [0.25, 0.3) is 0 Å². The molecule has 0 aromatic carbocycles. The summed E-state index contributed by atoms with van der Waals surface area (Å²) >= 11 is 1.85. The number of sulfonamides is 1. The molecule has 7 heteroatoms. The predicted molar refractivity (Wildman–Crippen MR) is 80.0 cm³/mol. The second kappa shape index (κ2) is 8.60. The molecule has 1 rings (SSSR count). The number of aromatic nitrogens is 2. The molecule has 0 unspecified atom stereocenters.